The third-order valence-corrected chi connectivity index (χ3v) is 2.09. The van der Waals surface area contributed by atoms with Crippen molar-refractivity contribution in [3.8, 4) is 11.5 Å². The van der Waals surface area contributed by atoms with Crippen LogP contribution in [0.2, 0.25) is 0 Å². The summed E-state index contributed by atoms with van der Waals surface area (Å²) in [7, 11) is 3.09. The van der Waals surface area contributed by atoms with Crippen molar-refractivity contribution in [3.63, 3.8) is 0 Å². The fourth-order valence-electron chi connectivity index (χ4n) is 1.22. The molecule has 0 unspecified atom stereocenters. The molecule has 2 N–H and O–H groups in total. The molecular weight excluding hydrogens is 220 g/mol. The van der Waals surface area contributed by atoms with E-state index in [9.17, 15) is 4.79 Å². The van der Waals surface area contributed by atoms with Crippen LogP contribution in [0.1, 0.15) is 24.2 Å². The van der Waals surface area contributed by atoms with Gasteiger partial charge in [-0.05, 0) is 26.0 Å². The predicted molar refractivity (Wildman–Crippen MR) is 65.3 cm³/mol. The summed E-state index contributed by atoms with van der Waals surface area (Å²) in [5.74, 6) is 0.939. The molecule has 0 atom stereocenters. The lowest BCUT2D eigenvalue weighted by Crippen LogP contribution is -2.41. The predicted octanol–water partition coefficient (Wildman–Crippen LogP) is 1.35. The quantitative estimate of drug-likeness (QED) is 0.760. The largest absolute Gasteiger partial charge is 0.497 e. The molecule has 0 saturated carbocycles. The number of carbonyl (C=O) groups excluding carboxylic acids is 1. The molecule has 0 bridgehead atoms. The second-order valence-electron chi connectivity index (χ2n) is 3.85. The zero-order chi connectivity index (χ0) is 12.8. The highest BCUT2D eigenvalue weighted by Gasteiger charge is 2.09. The van der Waals surface area contributed by atoms with Crippen LogP contribution in [0.3, 0.4) is 0 Å². The molecule has 0 aliphatic rings. The highest BCUT2D eigenvalue weighted by Crippen LogP contribution is 2.22. The van der Waals surface area contributed by atoms with Crippen LogP contribution in [0.25, 0.3) is 0 Å². The maximum Gasteiger partial charge on any atom is 0.265 e. The Labute approximate surface area is 101 Å². The van der Waals surface area contributed by atoms with E-state index in [0.717, 1.165) is 0 Å². The molecule has 0 heterocycles. The van der Waals surface area contributed by atoms with Crippen LogP contribution < -0.4 is 20.3 Å². The maximum absolute atomic E-state index is 11.8. The van der Waals surface area contributed by atoms with Gasteiger partial charge in [0.05, 0.1) is 14.2 Å². The lowest BCUT2D eigenvalue weighted by molar-refractivity contribution is 0.0927. The van der Waals surface area contributed by atoms with E-state index in [4.69, 9.17) is 9.47 Å². The van der Waals surface area contributed by atoms with Gasteiger partial charge in [-0.3, -0.25) is 10.2 Å². The first-order chi connectivity index (χ1) is 8.06. The Kier molecular flexibility index (Phi) is 4.78. The summed E-state index contributed by atoms with van der Waals surface area (Å²) in [5.41, 5.74) is 5.92. The van der Waals surface area contributed by atoms with E-state index in [1.54, 1.807) is 32.4 Å². The van der Waals surface area contributed by atoms with Crippen LogP contribution in [0.4, 0.5) is 0 Å². The number of nitrogens with one attached hydrogen (secondary N) is 2. The van der Waals surface area contributed by atoms with Crippen molar-refractivity contribution in [2.45, 2.75) is 19.9 Å². The van der Waals surface area contributed by atoms with Crippen LogP contribution in [-0.2, 0) is 0 Å². The number of benzene rings is 1. The topological polar surface area (TPSA) is 59.6 Å². The number of amides is 1. The van der Waals surface area contributed by atoms with E-state index in [1.165, 1.54) is 0 Å². The molecule has 17 heavy (non-hydrogen) atoms. The van der Waals surface area contributed by atoms with Crippen molar-refractivity contribution in [2.75, 3.05) is 14.2 Å². The lowest BCUT2D eigenvalue weighted by atomic mass is 10.2. The Hall–Kier alpha value is -1.75. The summed E-state index contributed by atoms with van der Waals surface area (Å²) in [6.45, 7) is 3.87. The number of hydrazine groups is 1. The molecule has 5 nitrogen and oxygen atoms in total. The SMILES string of the molecule is COc1cc(OC)cc(C(=O)NNC(C)C)c1. The Balaban J connectivity index is 2.84. The third-order valence-electron chi connectivity index (χ3n) is 2.09. The van der Waals surface area contributed by atoms with E-state index in [1.807, 2.05) is 13.8 Å². The molecule has 1 amide bonds. The zero-order valence-electron chi connectivity index (χ0n) is 10.5. The first-order valence-electron chi connectivity index (χ1n) is 5.35. The second-order valence-corrected chi connectivity index (χ2v) is 3.85. The van der Waals surface area contributed by atoms with Gasteiger partial charge in [0, 0.05) is 17.7 Å². The summed E-state index contributed by atoms with van der Waals surface area (Å²) in [6.07, 6.45) is 0. The van der Waals surface area contributed by atoms with Crippen LogP contribution in [0, 0.1) is 0 Å². The first-order valence-corrected chi connectivity index (χ1v) is 5.35. The van der Waals surface area contributed by atoms with Crippen LogP contribution in [0.15, 0.2) is 18.2 Å². The summed E-state index contributed by atoms with van der Waals surface area (Å²) >= 11 is 0. The fourth-order valence-corrected chi connectivity index (χ4v) is 1.22. The van der Waals surface area contributed by atoms with Gasteiger partial charge in [0.25, 0.3) is 5.91 Å². The molecule has 0 aromatic heterocycles. The van der Waals surface area contributed by atoms with Gasteiger partial charge >= 0.3 is 0 Å². The number of carbonyl (C=O) groups is 1. The van der Waals surface area contributed by atoms with Crippen molar-refractivity contribution in [1.82, 2.24) is 10.9 Å². The zero-order valence-corrected chi connectivity index (χ0v) is 10.5. The number of ether oxygens (including phenoxy) is 2. The van der Waals surface area contributed by atoms with Crippen molar-refractivity contribution in [1.29, 1.82) is 0 Å². The van der Waals surface area contributed by atoms with Crippen LogP contribution >= 0.6 is 0 Å². The smallest absolute Gasteiger partial charge is 0.265 e. The highest BCUT2D eigenvalue weighted by atomic mass is 16.5. The van der Waals surface area contributed by atoms with Gasteiger partial charge < -0.3 is 9.47 Å². The molecular formula is C12H18N2O3. The standard InChI is InChI=1S/C12H18N2O3/c1-8(2)13-14-12(15)9-5-10(16-3)7-11(6-9)17-4/h5-8,13H,1-4H3,(H,14,15). The summed E-state index contributed by atoms with van der Waals surface area (Å²) in [6, 6.07) is 5.19. The van der Waals surface area contributed by atoms with E-state index < -0.39 is 0 Å². The molecule has 1 aromatic carbocycles. The normalized spacial score (nSPS) is 10.2. The molecule has 0 aliphatic heterocycles. The number of hydrogen-bond donors (Lipinski definition) is 2. The van der Waals surface area contributed by atoms with Crippen molar-refractivity contribution in [3.05, 3.63) is 23.8 Å². The average Bonchev–Trinajstić information content (AvgIpc) is 2.34. The minimum Gasteiger partial charge on any atom is -0.497 e. The average molecular weight is 238 g/mol. The molecule has 0 radical (unpaired) electrons. The van der Waals surface area contributed by atoms with Crippen LogP contribution in [-0.4, -0.2) is 26.2 Å². The van der Waals surface area contributed by atoms with E-state index in [-0.39, 0.29) is 11.9 Å². The van der Waals surface area contributed by atoms with Gasteiger partial charge in [-0.15, -0.1) is 0 Å². The van der Waals surface area contributed by atoms with E-state index >= 15 is 0 Å². The fraction of sp³-hybridized carbons (Fsp3) is 0.417. The molecule has 1 aromatic rings. The summed E-state index contributed by atoms with van der Waals surface area (Å²) < 4.78 is 10.2. The van der Waals surface area contributed by atoms with E-state index in [2.05, 4.69) is 10.9 Å². The Morgan fingerprint density at radius 1 is 1.12 bits per heavy atom. The Morgan fingerprint density at radius 3 is 2.06 bits per heavy atom. The number of hydrogen-bond acceptors (Lipinski definition) is 4. The summed E-state index contributed by atoms with van der Waals surface area (Å²) in [4.78, 5) is 11.8. The number of methoxy groups -OCH3 is 2. The molecule has 1 rings (SSSR count). The van der Waals surface area contributed by atoms with Gasteiger partial charge in [0.15, 0.2) is 0 Å². The number of rotatable bonds is 5. The third kappa shape index (κ3) is 3.96. The first kappa shape index (κ1) is 13.3. The molecule has 94 valence electrons. The lowest BCUT2D eigenvalue weighted by Gasteiger charge is -2.11. The monoisotopic (exact) mass is 238 g/mol. The molecule has 0 saturated heterocycles. The Morgan fingerprint density at radius 2 is 1.65 bits per heavy atom. The minimum absolute atomic E-state index is 0.173. The molecule has 5 heteroatoms. The van der Waals surface area contributed by atoms with Gasteiger partial charge in [0.2, 0.25) is 0 Å². The minimum atomic E-state index is -0.226. The summed E-state index contributed by atoms with van der Waals surface area (Å²) in [5, 5.41) is 0. The van der Waals surface area contributed by atoms with Crippen molar-refractivity contribution >= 4 is 5.91 Å². The molecule has 0 aliphatic carbocycles. The van der Waals surface area contributed by atoms with Crippen LogP contribution in [0.5, 0.6) is 11.5 Å². The van der Waals surface area contributed by atoms with Gasteiger partial charge in [0.1, 0.15) is 11.5 Å². The molecule has 0 fully saturated rings. The van der Waals surface area contributed by atoms with Crippen molar-refractivity contribution in [2.24, 2.45) is 0 Å². The molecule has 0 spiro atoms. The van der Waals surface area contributed by atoms with Crippen molar-refractivity contribution < 1.29 is 14.3 Å². The van der Waals surface area contributed by atoms with Gasteiger partial charge in [-0.1, -0.05) is 0 Å². The Bertz CT molecular complexity index is 369. The second kappa shape index (κ2) is 6.10. The van der Waals surface area contributed by atoms with Gasteiger partial charge in [-0.2, -0.15) is 0 Å². The van der Waals surface area contributed by atoms with E-state index in [0.29, 0.717) is 17.1 Å². The maximum atomic E-state index is 11.8. The highest BCUT2D eigenvalue weighted by molar-refractivity contribution is 5.94. The van der Waals surface area contributed by atoms with Gasteiger partial charge in [-0.25, -0.2) is 5.43 Å².